The van der Waals surface area contributed by atoms with Crippen LogP contribution in [0.2, 0.25) is 0 Å². The van der Waals surface area contributed by atoms with E-state index < -0.39 is 5.67 Å². The first-order chi connectivity index (χ1) is 10.4. The SMILES string of the molecule is CC(C)C1CC(N2CCC(F)(CN3CC(C(C)C)C3)CC2)C1. The third kappa shape index (κ3) is 3.51. The molecule has 2 nitrogen and oxygen atoms in total. The predicted octanol–water partition coefficient (Wildman–Crippen LogP) is 3.81. The average molecular weight is 311 g/mol. The minimum atomic E-state index is -0.917. The van der Waals surface area contributed by atoms with Crippen molar-refractivity contribution in [2.24, 2.45) is 23.7 Å². The quantitative estimate of drug-likeness (QED) is 0.762. The highest BCUT2D eigenvalue weighted by Gasteiger charge is 2.43. The van der Waals surface area contributed by atoms with Crippen LogP contribution in [0.25, 0.3) is 0 Å². The molecule has 0 aromatic heterocycles. The summed E-state index contributed by atoms with van der Waals surface area (Å²) < 4.78 is 15.1. The Morgan fingerprint density at radius 3 is 2.00 bits per heavy atom. The lowest BCUT2D eigenvalue weighted by atomic mass is 9.72. The van der Waals surface area contributed by atoms with Crippen LogP contribution in [0.1, 0.15) is 53.4 Å². The highest BCUT2D eigenvalue weighted by molar-refractivity contribution is 4.97. The molecule has 3 heteroatoms. The van der Waals surface area contributed by atoms with Crippen LogP contribution in [-0.4, -0.2) is 54.2 Å². The normalized spacial score (nSPS) is 34.0. The molecular weight excluding hydrogens is 275 g/mol. The third-order valence-electron chi connectivity index (χ3n) is 6.74. The summed E-state index contributed by atoms with van der Waals surface area (Å²) in [5.41, 5.74) is -0.917. The Bertz CT molecular complexity index is 362. The van der Waals surface area contributed by atoms with Crippen molar-refractivity contribution in [2.75, 3.05) is 32.7 Å². The van der Waals surface area contributed by atoms with Gasteiger partial charge in [0.1, 0.15) is 5.67 Å². The average Bonchev–Trinajstić information content (AvgIpc) is 2.33. The van der Waals surface area contributed by atoms with Gasteiger partial charge in [0.15, 0.2) is 0 Å². The van der Waals surface area contributed by atoms with Gasteiger partial charge in [-0.25, -0.2) is 4.39 Å². The molecule has 0 N–H and O–H groups in total. The maximum Gasteiger partial charge on any atom is 0.126 e. The van der Waals surface area contributed by atoms with Crippen LogP contribution in [0.5, 0.6) is 0 Å². The third-order valence-corrected chi connectivity index (χ3v) is 6.74. The second kappa shape index (κ2) is 6.39. The van der Waals surface area contributed by atoms with Crippen molar-refractivity contribution in [2.45, 2.75) is 65.1 Å². The minimum Gasteiger partial charge on any atom is -0.300 e. The number of nitrogens with zero attached hydrogens (tertiary/aromatic N) is 2. The lowest BCUT2D eigenvalue weighted by molar-refractivity contribution is -0.0437. The van der Waals surface area contributed by atoms with Crippen LogP contribution >= 0.6 is 0 Å². The largest absolute Gasteiger partial charge is 0.300 e. The number of halogens is 1. The lowest BCUT2D eigenvalue weighted by Crippen LogP contribution is -2.58. The zero-order valence-electron chi connectivity index (χ0n) is 15.0. The number of hydrogen-bond acceptors (Lipinski definition) is 2. The number of alkyl halides is 1. The van der Waals surface area contributed by atoms with Gasteiger partial charge < -0.3 is 4.90 Å². The monoisotopic (exact) mass is 310 g/mol. The van der Waals surface area contributed by atoms with Crippen molar-refractivity contribution in [1.82, 2.24) is 9.80 Å². The molecule has 1 aliphatic carbocycles. The molecule has 3 aliphatic rings. The van der Waals surface area contributed by atoms with E-state index in [1.807, 2.05) is 0 Å². The Hall–Kier alpha value is -0.150. The Labute approximate surface area is 136 Å². The van der Waals surface area contributed by atoms with E-state index in [0.29, 0.717) is 6.54 Å². The number of hydrogen-bond donors (Lipinski definition) is 0. The Kier molecular flexibility index (Phi) is 4.85. The van der Waals surface area contributed by atoms with E-state index in [-0.39, 0.29) is 0 Å². The van der Waals surface area contributed by atoms with Crippen molar-refractivity contribution in [3.63, 3.8) is 0 Å². The van der Waals surface area contributed by atoms with Gasteiger partial charge >= 0.3 is 0 Å². The van der Waals surface area contributed by atoms with Gasteiger partial charge in [-0.3, -0.25) is 4.90 Å². The van der Waals surface area contributed by atoms with Gasteiger partial charge in [0.05, 0.1) is 0 Å². The van der Waals surface area contributed by atoms with E-state index in [9.17, 15) is 0 Å². The predicted molar refractivity (Wildman–Crippen MR) is 90.8 cm³/mol. The van der Waals surface area contributed by atoms with Crippen LogP contribution in [0.15, 0.2) is 0 Å². The maximum atomic E-state index is 15.1. The molecule has 0 aromatic rings. The molecule has 0 atom stereocenters. The summed E-state index contributed by atoms with van der Waals surface area (Å²) in [7, 11) is 0. The lowest BCUT2D eigenvalue weighted by Gasteiger charge is -2.50. The molecule has 0 aromatic carbocycles. The van der Waals surface area contributed by atoms with Gasteiger partial charge in [-0.2, -0.15) is 0 Å². The number of piperidine rings is 1. The van der Waals surface area contributed by atoms with E-state index in [1.54, 1.807) is 0 Å². The first kappa shape index (κ1) is 16.7. The highest BCUT2D eigenvalue weighted by atomic mass is 19.1. The van der Waals surface area contributed by atoms with Crippen molar-refractivity contribution >= 4 is 0 Å². The molecule has 0 amide bonds. The summed E-state index contributed by atoms with van der Waals surface area (Å²) in [6.45, 7) is 14.1. The molecule has 1 saturated carbocycles. The van der Waals surface area contributed by atoms with Gasteiger partial charge in [-0.1, -0.05) is 27.7 Å². The fourth-order valence-electron chi connectivity index (χ4n) is 4.48. The van der Waals surface area contributed by atoms with Crippen molar-refractivity contribution < 1.29 is 4.39 Å². The van der Waals surface area contributed by atoms with Gasteiger partial charge in [-0.05, 0) is 49.4 Å². The molecular formula is C19H35FN2. The smallest absolute Gasteiger partial charge is 0.126 e. The zero-order valence-corrected chi connectivity index (χ0v) is 15.0. The Balaban J connectivity index is 1.38. The summed E-state index contributed by atoms with van der Waals surface area (Å²) >= 11 is 0. The summed E-state index contributed by atoms with van der Waals surface area (Å²) in [6.07, 6.45) is 4.19. The molecule has 0 radical (unpaired) electrons. The van der Waals surface area contributed by atoms with E-state index in [1.165, 1.54) is 12.8 Å². The Morgan fingerprint density at radius 1 is 0.955 bits per heavy atom. The Morgan fingerprint density at radius 2 is 1.50 bits per heavy atom. The van der Waals surface area contributed by atoms with E-state index in [2.05, 4.69) is 37.5 Å². The van der Waals surface area contributed by atoms with Gasteiger partial charge in [0.2, 0.25) is 0 Å². The molecule has 0 bridgehead atoms. The maximum absolute atomic E-state index is 15.1. The van der Waals surface area contributed by atoms with E-state index in [4.69, 9.17) is 0 Å². The second-order valence-electron chi connectivity index (χ2n) is 9.01. The van der Waals surface area contributed by atoms with Crippen LogP contribution in [0.4, 0.5) is 4.39 Å². The molecule has 2 heterocycles. The molecule has 2 saturated heterocycles. The zero-order chi connectivity index (χ0) is 15.9. The van der Waals surface area contributed by atoms with Crippen LogP contribution in [0, 0.1) is 23.7 Å². The minimum absolute atomic E-state index is 0.684. The van der Waals surface area contributed by atoms with E-state index in [0.717, 1.165) is 68.7 Å². The van der Waals surface area contributed by atoms with Crippen molar-refractivity contribution in [3.05, 3.63) is 0 Å². The van der Waals surface area contributed by atoms with Gasteiger partial charge in [0, 0.05) is 38.8 Å². The molecule has 2 aliphatic heterocycles. The molecule has 22 heavy (non-hydrogen) atoms. The van der Waals surface area contributed by atoms with Crippen molar-refractivity contribution in [3.8, 4) is 0 Å². The van der Waals surface area contributed by atoms with Crippen LogP contribution < -0.4 is 0 Å². The van der Waals surface area contributed by atoms with Crippen LogP contribution in [0.3, 0.4) is 0 Å². The number of likely N-dealkylation sites (tertiary alicyclic amines) is 2. The standard InChI is InChI=1S/C19H35FN2/c1-14(2)16-9-18(10-16)22-7-5-19(20,6-8-22)13-21-11-17(12-21)15(3)4/h14-18H,5-13H2,1-4H3. The topological polar surface area (TPSA) is 6.48 Å². The van der Waals surface area contributed by atoms with Crippen LogP contribution in [-0.2, 0) is 0 Å². The fourth-order valence-corrected chi connectivity index (χ4v) is 4.48. The molecule has 0 unspecified atom stereocenters. The van der Waals surface area contributed by atoms with Crippen molar-refractivity contribution in [1.29, 1.82) is 0 Å². The van der Waals surface area contributed by atoms with Gasteiger partial charge in [-0.15, -0.1) is 0 Å². The molecule has 3 rings (SSSR count). The van der Waals surface area contributed by atoms with Gasteiger partial charge in [0.25, 0.3) is 0 Å². The molecule has 0 spiro atoms. The summed E-state index contributed by atoms with van der Waals surface area (Å²) in [5.74, 6) is 3.28. The molecule has 3 fully saturated rings. The first-order valence-corrected chi connectivity index (χ1v) is 9.51. The summed E-state index contributed by atoms with van der Waals surface area (Å²) in [5, 5.41) is 0. The van der Waals surface area contributed by atoms with E-state index >= 15 is 4.39 Å². The summed E-state index contributed by atoms with van der Waals surface area (Å²) in [4.78, 5) is 4.92. The second-order valence-corrected chi connectivity index (χ2v) is 9.01. The highest BCUT2D eigenvalue weighted by Crippen LogP contribution is 2.40. The molecule has 128 valence electrons. The first-order valence-electron chi connectivity index (χ1n) is 9.51. The summed E-state index contributed by atoms with van der Waals surface area (Å²) in [6, 6.07) is 0.756. The fraction of sp³-hybridized carbons (Fsp3) is 1.00. The number of rotatable bonds is 5.